The van der Waals surface area contributed by atoms with E-state index in [0.717, 1.165) is 24.0 Å². The molecule has 19 heavy (non-hydrogen) atoms. The van der Waals surface area contributed by atoms with E-state index in [-0.39, 0.29) is 12.5 Å². The predicted molar refractivity (Wildman–Crippen MR) is 76.0 cm³/mol. The lowest BCUT2D eigenvalue weighted by Gasteiger charge is -2.29. The zero-order valence-corrected chi connectivity index (χ0v) is 12.0. The minimum atomic E-state index is -0.450. The molecule has 0 aliphatic heterocycles. The van der Waals surface area contributed by atoms with Gasteiger partial charge in [-0.15, -0.1) is 0 Å². The summed E-state index contributed by atoms with van der Waals surface area (Å²) >= 11 is 0. The summed E-state index contributed by atoms with van der Waals surface area (Å²) in [7, 11) is 0. The van der Waals surface area contributed by atoms with E-state index in [0.29, 0.717) is 12.3 Å². The van der Waals surface area contributed by atoms with E-state index < -0.39 is 5.54 Å². The number of hydrogen-bond donors (Lipinski definition) is 2. The highest BCUT2D eigenvalue weighted by molar-refractivity contribution is 5.79. The minimum Gasteiger partial charge on any atom is -0.394 e. The van der Waals surface area contributed by atoms with Crippen molar-refractivity contribution >= 4 is 5.91 Å². The molecule has 2 N–H and O–H groups in total. The maximum absolute atomic E-state index is 12.2. The molecule has 1 unspecified atom stereocenters. The molecule has 0 radical (unpaired) electrons. The van der Waals surface area contributed by atoms with E-state index in [2.05, 4.69) is 17.4 Å². The Kier molecular flexibility index (Phi) is 3.95. The number of hydrogen-bond acceptors (Lipinski definition) is 2. The van der Waals surface area contributed by atoms with Crippen LogP contribution in [0.1, 0.15) is 36.5 Å². The third kappa shape index (κ3) is 3.35. The van der Waals surface area contributed by atoms with E-state index in [1.54, 1.807) is 0 Å². The van der Waals surface area contributed by atoms with Crippen molar-refractivity contribution in [1.82, 2.24) is 5.32 Å². The molecule has 2 rings (SSSR count). The smallest absolute Gasteiger partial charge is 0.224 e. The van der Waals surface area contributed by atoms with Crippen molar-refractivity contribution in [3.05, 3.63) is 34.9 Å². The van der Waals surface area contributed by atoms with Crippen molar-refractivity contribution in [3.8, 4) is 0 Å². The van der Waals surface area contributed by atoms with Gasteiger partial charge in [0.15, 0.2) is 0 Å². The van der Waals surface area contributed by atoms with Gasteiger partial charge in [0.25, 0.3) is 0 Å². The highest BCUT2D eigenvalue weighted by Gasteiger charge is 2.42. The van der Waals surface area contributed by atoms with Crippen LogP contribution in [0.2, 0.25) is 0 Å². The van der Waals surface area contributed by atoms with Gasteiger partial charge in [0.05, 0.1) is 18.6 Å². The summed E-state index contributed by atoms with van der Waals surface area (Å²) in [6.07, 6.45) is 2.58. The number of aliphatic hydroxyl groups is 1. The van der Waals surface area contributed by atoms with Crippen LogP contribution in [0.4, 0.5) is 0 Å². The molecule has 0 saturated heterocycles. The first-order valence-electron chi connectivity index (χ1n) is 6.92. The van der Waals surface area contributed by atoms with Gasteiger partial charge in [-0.3, -0.25) is 4.79 Å². The second-order valence-electron chi connectivity index (χ2n) is 6.00. The van der Waals surface area contributed by atoms with Gasteiger partial charge in [-0.25, -0.2) is 0 Å². The number of aliphatic hydroxyl groups excluding tert-OH is 1. The van der Waals surface area contributed by atoms with Gasteiger partial charge in [0.1, 0.15) is 0 Å². The second kappa shape index (κ2) is 5.33. The molecular formula is C16H23NO2. The number of benzene rings is 1. The van der Waals surface area contributed by atoms with Crippen molar-refractivity contribution in [3.63, 3.8) is 0 Å². The van der Waals surface area contributed by atoms with Crippen LogP contribution >= 0.6 is 0 Å². The van der Waals surface area contributed by atoms with Crippen molar-refractivity contribution in [2.24, 2.45) is 5.92 Å². The van der Waals surface area contributed by atoms with Gasteiger partial charge >= 0.3 is 0 Å². The molecule has 1 saturated carbocycles. The average Bonchev–Trinajstić information content (AvgIpc) is 3.18. The lowest BCUT2D eigenvalue weighted by molar-refractivity contribution is -0.123. The summed E-state index contributed by atoms with van der Waals surface area (Å²) in [6.45, 7) is 6.00. The van der Waals surface area contributed by atoms with Crippen LogP contribution in [0.15, 0.2) is 18.2 Å². The number of nitrogens with one attached hydrogen (secondary N) is 1. The third-order valence-electron chi connectivity index (χ3n) is 4.09. The number of carbonyl (C=O) groups is 1. The van der Waals surface area contributed by atoms with E-state index in [4.69, 9.17) is 0 Å². The Hall–Kier alpha value is -1.35. The van der Waals surface area contributed by atoms with Gasteiger partial charge < -0.3 is 10.4 Å². The van der Waals surface area contributed by atoms with Gasteiger partial charge in [-0.2, -0.15) is 0 Å². The standard InChI is InChI=1S/C16H23NO2/c1-11-4-5-12(2)13(8-11)9-15(19)17-16(3,10-18)14-6-7-14/h4-5,8,14,18H,6-7,9-10H2,1-3H3,(H,17,19). The molecule has 104 valence electrons. The first-order valence-corrected chi connectivity index (χ1v) is 6.92. The molecule has 1 aromatic carbocycles. The van der Waals surface area contributed by atoms with Crippen LogP contribution in [0.5, 0.6) is 0 Å². The zero-order chi connectivity index (χ0) is 14.0. The Morgan fingerprint density at radius 2 is 2.11 bits per heavy atom. The van der Waals surface area contributed by atoms with Gasteiger partial charge in [0, 0.05) is 0 Å². The summed E-state index contributed by atoms with van der Waals surface area (Å²) in [5.74, 6) is 0.428. The Morgan fingerprint density at radius 1 is 1.42 bits per heavy atom. The van der Waals surface area contributed by atoms with Gasteiger partial charge in [-0.1, -0.05) is 23.8 Å². The lowest BCUT2D eigenvalue weighted by Crippen LogP contribution is -2.51. The molecular weight excluding hydrogens is 238 g/mol. The first-order chi connectivity index (χ1) is 8.94. The Labute approximate surface area is 115 Å². The van der Waals surface area contributed by atoms with Crippen LogP contribution in [-0.2, 0) is 11.2 Å². The zero-order valence-electron chi connectivity index (χ0n) is 12.0. The summed E-state index contributed by atoms with van der Waals surface area (Å²) in [5.41, 5.74) is 2.92. The molecule has 1 fully saturated rings. The van der Waals surface area contributed by atoms with E-state index in [9.17, 15) is 9.90 Å². The molecule has 1 aliphatic rings. The number of amides is 1. The van der Waals surface area contributed by atoms with Crippen molar-refractivity contribution < 1.29 is 9.90 Å². The quantitative estimate of drug-likeness (QED) is 0.853. The van der Waals surface area contributed by atoms with E-state index in [1.807, 2.05) is 26.8 Å². The lowest BCUT2D eigenvalue weighted by atomic mass is 9.96. The van der Waals surface area contributed by atoms with Crippen LogP contribution in [0, 0.1) is 19.8 Å². The number of carbonyl (C=O) groups excluding carboxylic acids is 1. The minimum absolute atomic E-state index is 0.00264. The number of rotatable bonds is 5. The molecule has 0 aromatic heterocycles. The highest BCUT2D eigenvalue weighted by atomic mass is 16.3. The molecule has 1 aromatic rings. The normalized spacial score (nSPS) is 17.9. The number of aryl methyl sites for hydroxylation is 2. The molecule has 1 atom stereocenters. The topological polar surface area (TPSA) is 49.3 Å². The van der Waals surface area contributed by atoms with Gasteiger partial charge in [-0.05, 0) is 50.7 Å². The van der Waals surface area contributed by atoms with Crippen LogP contribution < -0.4 is 5.32 Å². The molecule has 3 nitrogen and oxygen atoms in total. The van der Waals surface area contributed by atoms with Gasteiger partial charge in [0.2, 0.25) is 5.91 Å². The van der Waals surface area contributed by atoms with Crippen molar-refractivity contribution in [1.29, 1.82) is 0 Å². The van der Waals surface area contributed by atoms with Crippen LogP contribution in [-0.4, -0.2) is 23.2 Å². The van der Waals surface area contributed by atoms with Crippen molar-refractivity contribution in [2.45, 2.75) is 45.6 Å². The largest absolute Gasteiger partial charge is 0.394 e. The van der Waals surface area contributed by atoms with E-state index >= 15 is 0 Å². The maximum atomic E-state index is 12.2. The maximum Gasteiger partial charge on any atom is 0.224 e. The average molecular weight is 261 g/mol. The highest BCUT2D eigenvalue weighted by Crippen LogP contribution is 2.39. The summed E-state index contributed by atoms with van der Waals surface area (Å²) in [6, 6.07) is 6.16. The predicted octanol–water partition coefficient (Wildman–Crippen LogP) is 2.12. The SMILES string of the molecule is Cc1ccc(C)c(CC(=O)NC(C)(CO)C2CC2)c1. The summed E-state index contributed by atoms with van der Waals surface area (Å²) in [4.78, 5) is 12.2. The molecule has 0 heterocycles. The molecule has 0 spiro atoms. The summed E-state index contributed by atoms with van der Waals surface area (Å²) < 4.78 is 0. The monoisotopic (exact) mass is 261 g/mol. The fraction of sp³-hybridized carbons (Fsp3) is 0.562. The Balaban J connectivity index is 2.02. The van der Waals surface area contributed by atoms with E-state index in [1.165, 1.54) is 5.56 Å². The van der Waals surface area contributed by atoms with Crippen molar-refractivity contribution in [2.75, 3.05) is 6.61 Å². The van der Waals surface area contributed by atoms with Crippen LogP contribution in [0.25, 0.3) is 0 Å². The summed E-state index contributed by atoms with van der Waals surface area (Å²) in [5, 5.41) is 12.5. The fourth-order valence-corrected chi connectivity index (χ4v) is 2.52. The Bertz CT molecular complexity index is 480. The van der Waals surface area contributed by atoms with Crippen LogP contribution in [0.3, 0.4) is 0 Å². The molecule has 3 heteroatoms. The first kappa shape index (κ1) is 14.1. The molecule has 1 aliphatic carbocycles. The third-order valence-corrected chi connectivity index (χ3v) is 4.09. The Morgan fingerprint density at radius 3 is 2.68 bits per heavy atom. The molecule has 1 amide bonds. The second-order valence-corrected chi connectivity index (χ2v) is 6.00. The fourth-order valence-electron chi connectivity index (χ4n) is 2.52. The molecule has 0 bridgehead atoms.